The molecule has 0 fully saturated rings. The Morgan fingerprint density at radius 2 is 1.81 bits per heavy atom. The van der Waals surface area contributed by atoms with Crippen molar-refractivity contribution in [2.45, 2.75) is 12.1 Å². The fraction of sp³-hybridized carbons (Fsp3) is 0.125. The van der Waals surface area contributed by atoms with Crippen molar-refractivity contribution >= 4 is 35.0 Å². The summed E-state index contributed by atoms with van der Waals surface area (Å²) in [6.45, 7) is 1.99. The Morgan fingerprint density at radius 3 is 2.50 bits per heavy atom. The van der Waals surface area contributed by atoms with E-state index in [2.05, 4.69) is 15.5 Å². The van der Waals surface area contributed by atoms with Gasteiger partial charge in [-0.15, -0.1) is 10.2 Å². The maximum atomic E-state index is 12.5. The summed E-state index contributed by atoms with van der Waals surface area (Å²) in [7, 11) is 1.63. The fourth-order valence-electron chi connectivity index (χ4n) is 3.16. The normalized spacial score (nSPS) is 10.7. The van der Waals surface area contributed by atoms with Crippen LogP contribution in [0.3, 0.4) is 0 Å². The third-order valence-corrected chi connectivity index (χ3v) is 5.88. The van der Waals surface area contributed by atoms with Gasteiger partial charge < -0.3 is 10.1 Å². The lowest BCUT2D eigenvalue weighted by Crippen LogP contribution is -2.14. The summed E-state index contributed by atoms with van der Waals surface area (Å²) in [5, 5.41) is 12.9. The van der Waals surface area contributed by atoms with E-state index in [1.807, 2.05) is 84.3 Å². The summed E-state index contributed by atoms with van der Waals surface area (Å²) >= 11 is 7.37. The summed E-state index contributed by atoms with van der Waals surface area (Å²) in [5.74, 6) is 1.50. The number of rotatable bonds is 7. The Bertz CT molecular complexity index is 1220. The van der Waals surface area contributed by atoms with E-state index in [-0.39, 0.29) is 11.7 Å². The number of aryl methyl sites for hydroxylation is 1. The van der Waals surface area contributed by atoms with E-state index >= 15 is 0 Å². The van der Waals surface area contributed by atoms with Crippen molar-refractivity contribution in [2.75, 3.05) is 18.2 Å². The number of ether oxygens (including phenoxy) is 1. The average Bonchev–Trinajstić information content (AvgIpc) is 3.22. The zero-order valence-corrected chi connectivity index (χ0v) is 19.2. The van der Waals surface area contributed by atoms with Crippen molar-refractivity contribution in [3.05, 3.63) is 83.4 Å². The summed E-state index contributed by atoms with van der Waals surface area (Å²) in [5.41, 5.74) is 3.59. The minimum absolute atomic E-state index is 0.113. The second-order valence-electron chi connectivity index (χ2n) is 7.05. The highest BCUT2D eigenvalue weighted by Crippen LogP contribution is 2.29. The predicted molar refractivity (Wildman–Crippen MR) is 129 cm³/mol. The topological polar surface area (TPSA) is 69.0 Å². The molecule has 0 atom stereocenters. The maximum absolute atomic E-state index is 12.5. The van der Waals surface area contributed by atoms with E-state index in [9.17, 15) is 4.79 Å². The van der Waals surface area contributed by atoms with Crippen molar-refractivity contribution in [2.24, 2.45) is 0 Å². The molecule has 32 heavy (non-hydrogen) atoms. The number of nitrogens with zero attached hydrogens (tertiary/aromatic N) is 3. The first-order valence-electron chi connectivity index (χ1n) is 9.88. The number of halogens is 1. The Morgan fingerprint density at radius 1 is 1.06 bits per heavy atom. The van der Waals surface area contributed by atoms with Gasteiger partial charge in [0.1, 0.15) is 5.75 Å². The van der Waals surface area contributed by atoms with Gasteiger partial charge in [-0.3, -0.25) is 9.36 Å². The van der Waals surface area contributed by atoms with Gasteiger partial charge in [0.15, 0.2) is 11.0 Å². The van der Waals surface area contributed by atoms with E-state index in [0.717, 1.165) is 28.3 Å². The molecule has 4 rings (SSSR count). The SMILES string of the molecule is COc1ccc(-n2c(SCC(=O)Nc3cccc(C)c3)nnc2-c2ccc(Cl)cc2)cc1. The van der Waals surface area contributed by atoms with Crippen molar-refractivity contribution in [1.82, 2.24) is 14.8 Å². The lowest BCUT2D eigenvalue weighted by atomic mass is 10.2. The van der Waals surface area contributed by atoms with Crippen LogP contribution in [-0.2, 0) is 4.79 Å². The molecule has 1 N–H and O–H groups in total. The van der Waals surface area contributed by atoms with Crippen LogP contribution in [0.5, 0.6) is 5.75 Å². The monoisotopic (exact) mass is 464 g/mol. The maximum Gasteiger partial charge on any atom is 0.234 e. The lowest BCUT2D eigenvalue weighted by Gasteiger charge is -2.11. The Hall–Kier alpha value is -3.29. The van der Waals surface area contributed by atoms with Gasteiger partial charge in [-0.1, -0.05) is 35.5 Å². The van der Waals surface area contributed by atoms with Crippen molar-refractivity contribution in [3.63, 3.8) is 0 Å². The molecule has 1 aromatic heterocycles. The second kappa shape index (κ2) is 9.89. The molecule has 0 saturated carbocycles. The van der Waals surface area contributed by atoms with Crippen LogP contribution in [-0.4, -0.2) is 33.5 Å². The largest absolute Gasteiger partial charge is 0.497 e. The molecule has 0 aliphatic rings. The number of anilines is 1. The molecule has 0 radical (unpaired) electrons. The molecule has 0 unspecified atom stereocenters. The minimum atomic E-state index is -0.113. The van der Waals surface area contributed by atoms with Gasteiger partial charge in [0.2, 0.25) is 5.91 Å². The number of carbonyl (C=O) groups is 1. The van der Waals surface area contributed by atoms with E-state index in [0.29, 0.717) is 16.0 Å². The van der Waals surface area contributed by atoms with Crippen LogP contribution in [0.15, 0.2) is 78.0 Å². The number of thioether (sulfide) groups is 1. The molecule has 4 aromatic rings. The number of nitrogens with one attached hydrogen (secondary N) is 1. The van der Waals surface area contributed by atoms with Gasteiger partial charge in [0.25, 0.3) is 0 Å². The zero-order valence-electron chi connectivity index (χ0n) is 17.6. The van der Waals surface area contributed by atoms with Gasteiger partial charge in [-0.2, -0.15) is 0 Å². The number of hydrogen-bond donors (Lipinski definition) is 1. The molecule has 0 aliphatic carbocycles. The van der Waals surface area contributed by atoms with E-state index < -0.39 is 0 Å². The van der Waals surface area contributed by atoms with E-state index in [1.165, 1.54) is 11.8 Å². The lowest BCUT2D eigenvalue weighted by molar-refractivity contribution is -0.113. The highest BCUT2D eigenvalue weighted by molar-refractivity contribution is 7.99. The van der Waals surface area contributed by atoms with Crippen LogP contribution in [0.4, 0.5) is 5.69 Å². The number of methoxy groups -OCH3 is 1. The molecule has 8 heteroatoms. The molecule has 0 spiro atoms. The van der Waals surface area contributed by atoms with Crippen LogP contribution < -0.4 is 10.1 Å². The summed E-state index contributed by atoms with van der Waals surface area (Å²) in [4.78, 5) is 12.5. The molecular weight excluding hydrogens is 444 g/mol. The number of amides is 1. The van der Waals surface area contributed by atoms with Gasteiger partial charge in [0.05, 0.1) is 12.9 Å². The Labute approximate surface area is 195 Å². The minimum Gasteiger partial charge on any atom is -0.497 e. The number of hydrogen-bond acceptors (Lipinski definition) is 5. The molecule has 1 heterocycles. The first-order valence-corrected chi connectivity index (χ1v) is 11.2. The fourth-order valence-corrected chi connectivity index (χ4v) is 4.04. The first-order chi connectivity index (χ1) is 15.5. The third-order valence-electron chi connectivity index (χ3n) is 4.70. The van der Waals surface area contributed by atoms with Crippen molar-refractivity contribution in [1.29, 1.82) is 0 Å². The summed E-state index contributed by atoms with van der Waals surface area (Å²) in [6.07, 6.45) is 0. The van der Waals surface area contributed by atoms with Gasteiger partial charge in [0, 0.05) is 22.0 Å². The quantitative estimate of drug-likeness (QED) is 0.359. The van der Waals surface area contributed by atoms with Crippen molar-refractivity contribution in [3.8, 4) is 22.8 Å². The first kappa shape index (κ1) is 21.9. The second-order valence-corrected chi connectivity index (χ2v) is 8.43. The highest BCUT2D eigenvalue weighted by Gasteiger charge is 2.17. The standard InChI is InChI=1S/C24H21ClN4O2S/c1-16-4-3-5-19(14-16)26-22(30)15-32-24-28-27-23(17-6-8-18(25)9-7-17)29(24)20-10-12-21(31-2)13-11-20/h3-14H,15H2,1-2H3,(H,26,30). The number of carbonyl (C=O) groups excluding carboxylic acids is 1. The number of aromatic nitrogens is 3. The molecule has 1 amide bonds. The molecule has 3 aromatic carbocycles. The molecule has 0 bridgehead atoms. The Balaban J connectivity index is 1.61. The summed E-state index contributed by atoms with van der Waals surface area (Å²) in [6, 6.07) is 22.7. The van der Waals surface area contributed by atoms with Gasteiger partial charge in [-0.05, 0) is 73.2 Å². The van der Waals surface area contributed by atoms with Gasteiger partial charge in [-0.25, -0.2) is 0 Å². The van der Waals surface area contributed by atoms with E-state index in [4.69, 9.17) is 16.3 Å². The molecule has 162 valence electrons. The Kier molecular flexibility index (Phi) is 6.78. The van der Waals surface area contributed by atoms with E-state index in [1.54, 1.807) is 7.11 Å². The summed E-state index contributed by atoms with van der Waals surface area (Å²) < 4.78 is 7.20. The van der Waals surface area contributed by atoms with Crippen LogP contribution >= 0.6 is 23.4 Å². The zero-order chi connectivity index (χ0) is 22.5. The van der Waals surface area contributed by atoms with Gasteiger partial charge >= 0.3 is 0 Å². The molecule has 6 nitrogen and oxygen atoms in total. The molecule has 0 saturated heterocycles. The smallest absolute Gasteiger partial charge is 0.234 e. The molecule has 0 aliphatic heterocycles. The highest BCUT2D eigenvalue weighted by atomic mass is 35.5. The predicted octanol–water partition coefficient (Wildman–Crippen LogP) is 5.64. The van der Waals surface area contributed by atoms with Crippen molar-refractivity contribution < 1.29 is 9.53 Å². The number of benzene rings is 3. The van der Waals surface area contributed by atoms with Crippen LogP contribution in [0.2, 0.25) is 5.02 Å². The third kappa shape index (κ3) is 5.12. The average molecular weight is 465 g/mol. The molecular formula is C24H21ClN4O2S. The van der Waals surface area contributed by atoms with Crippen LogP contribution in [0.1, 0.15) is 5.56 Å². The van der Waals surface area contributed by atoms with Crippen LogP contribution in [0, 0.1) is 6.92 Å². The van der Waals surface area contributed by atoms with Crippen LogP contribution in [0.25, 0.3) is 17.1 Å².